The number of hydrogen-bond donors (Lipinski definition) is 3. The van der Waals surface area contributed by atoms with Gasteiger partial charge in [0.2, 0.25) is 0 Å². The third kappa shape index (κ3) is 5.92. The van der Waals surface area contributed by atoms with Crippen molar-refractivity contribution in [2.24, 2.45) is 10.9 Å². The number of benzene rings is 1. The number of nitrogens with one attached hydrogen (secondary N) is 2. The summed E-state index contributed by atoms with van der Waals surface area (Å²) in [5, 5.41) is 16.5. The van der Waals surface area contributed by atoms with Gasteiger partial charge in [0.1, 0.15) is 5.75 Å². The predicted octanol–water partition coefficient (Wildman–Crippen LogP) is 2.58. The van der Waals surface area contributed by atoms with E-state index in [0.717, 1.165) is 6.42 Å². The summed E-state index contributed by atoms with van der Waals surface area (Å²) in [5.74, 6) is 0.919. The number of guanidine groups is 1. The minimum absolute atomic E-state index is 0.107. The molecule has 1 aliphatic rings. The van der Waals surface area contributed by atoms with E-state index in [-0.39, 0.29) is 12.3 Å². The van der Waals surface area contributed by atoms with Gasteiger partial charge in [0.15, 0.2) is 5.96 Å². The lowest BCUT2D eigenvalue weighted by Crippen LogP contribution is -2.39. The third-order valence-corrected chi connectivity index (χ3v) is 3.70. The number of rotatable bonds is 6. The van der Waals surface area contributed by atoms with Gasteiger partial charge in [-0.1, -0.05) is 19.1 Å². The fourth-order valence-electron chi connectivity index (χ4n) is 2.19. The lowest BCUT2D eigenvalue weighted by atomic mass is 10.1. The van der Waals surface area contributed by atoms with Gasteiger partial charge in [0.25, 0.3) is 0 Å². The van der Waals surface area contributed by atoms with Crippen LogP contribution in [-0.2, 0) is 0 Å². The van der Waals surface area contributed by atoms with E-state index < -0.39 is 12.5 Å². The molecule has 0 amide bonds. The van der Waals surface area contributed by atoms with E-state index in [0.29, 0.717) is 30.0 Å². The molecular formula is C16H22F3N3O2. The van der Waals surface area contributed by atoms with E-state index in [4.69, 9.17) is 0 Å². The zero-order valence-electron chi connectivity index (χ0n) is 13.6. The van der Waals surface area contributed by atoms with Crippen molar-refractivity contribution < 1.29 is 23.0 Å². The molecule has 1 aliphatic carbocycles. The molecule has 1 aromatic rings. The van der Waals surface area contributed by atoms with Gasteiger partial charge in [-0.3, -0.25) is 4.99 Å². The SMILES string of the molecule is CCNC(=NCC(O)c1ccc(OC(F)(F)F)cc1)NC1CC1C. The maximum Gasteiger partial charge on any atom is 0.573 e. The molecule has 5 nitrogen and oxygen atoms in total. The molecular weight excluding hydrogens is 323 g/mol. The number of alkyl halides is 3. The number of aliphatic hydroxyl groups is 1. The molecule has 0 bridgehead atoms. The molecule has 8 heteroatoms. The van der Waals surface area contributed by atoms with Crippen molar-refractivity contribution in [3.63, 3.8) is 0 Å². The summed E-state index contributed by atoms with van der Waals surface area (Å²) in [6.07, 6.45) is -4.54. The molecule has 0 heterocycles. The standard InChI is InChI=1S/C16H22F3N3O2/c1-3-20-15(22-13-8-10(13)2)21-9-14(23)11-4-6-12(7-5-11)24-16(17,18)19/h4-7,10,13-14,23H,3,8-9H2,1-2H3,(H2,20,21,22). The first-order valence-electron chi connectivity index (χ1n) is 7.87. The quantitative estimate of drug-likeness (QED) is 0.548. The Hall–Kier alpha value is -1.96. The first kappa shape index (κ1) is 18.4. The first-order chi connectivity index (χ1) is 11.3. The van der Waals surface area contributed by atoms with Crippen LogP contribution >= 0.6 is 0 Å². The van der Waals surface area contributed by atoms with Crippen LogP contribution in [0.4, 0.5) is 13.2 Å². The van der Waals surface area contributed by atoms with E-state index in [1.165, 1.54) is 24.3 Å². The summed E-state index contributed by atoms with van der Waals surface area (Å²) in [7, 11) is 0. The molecule has 134 valence electrons. The lowest BCUT2D eigenvalue weighted by Gasteiger charge is -2.14. The van der Waals surface area contributed by atoms with Crippen LogP contribution in [0.3, 0.4) is 0 Å². The van der Waals surface area contributed by atoms with Crippen molar-refractivity contribution in [1.82, 2.24) is 10.6 Å². The average Bonchev–Trinajstić information content (AvgIpc) is 3.19. The lowest BCUT2D eigenvalue weighted by molar-refractivity contribution is -0.274. The number of aliphatic hydroxyl groups excluding tert-OH is 1. The fourth-order valence-corrected chi connectivity index (χ4v) is 2.19. The molecule has 1 saturated carbocycles. The smallest absolute Gasteiger partial charge is 0.406 e. The van der Waals surface area contributed by atoms with Gasteiger partial charge >= 0.3 is 6.36 Å². The normalized spacial score (nSPS) is 22.0. The van der Waals surface area contributed by atoms with Crippen molar-refractivity contribution in [3.05, 3.63) is 29.8 Å². The van der Waals surface area contributed by atoms with Crippen molar-refractivity contribution in [3.8, 4) is 5.75 Å². The largest absolute Gasteiger partial charge is 0.573 e. The maximum absolute atomic E-state index is 12.1. The van der Waals surface area contributed by atoms with Crippen LogP contribution in [0.5, 0.6) is 5.75 Å². The van der Waals surface area contributed by atoms with E-state index in [1.54, 1.807) is 0 Å². The van der Waals surface area contributed by atoms with Crippen LogP contribution in [0.2, 0.25) is 0 Å². The van der Waals surface area contributed by atoms with E-state index in [1.807, 2.05) is 6.92 Å². The zero-order valence-corrected chi connectivity index (χ0v) is 13.6. The van der Waals surface area contributed by atoms with Gasteiger partial charge in [-0.05, 0) is 37.0 Å². The predicted molar refractivity (Wildman–Crippen MR) is 84.8 cm³/mol. The first-order valence-corrected chi connectivity index (χ1v) is 7.87. The second-order valence-electron chi connectivity index (χ2n) is 5.82. The van der Waals surface area contributed by atoms with Gasteiger partial charge in [-0.2, -0.15) is 0 Å². The summed E-state index contributed by atoms with van der Waals surface area (Å²) in [5.41, 5.74) is 0.476. The Morgan fingerprint density at radius 3 is 2.50 bits per heavy atom. The Morgan fingerprint density at radius 2 is 2.00 bits per heavy atom. The highest BCUT2D eigenvalue weighted by atomic mass is 19.4. The number of aliphatic imine (C=N–C) groups is 1. The molecule has 1 fully saturated rings. The monoisotopic (exact) mass is 345 g/mol. The van der Waals surface area contributed by atoms with Crippen molar-refractivity contribution >= 4 is 5.96 Å². The van der Waals surface area contributed by atoms with Crippen molar-refractivity contribution in [1.29, 1.82) is 0 Å². The topological polar surface area (TPSA) is 65.9 Å². The maximum atomic E-state index is 12.1. The molecule has 0 radical (unpaired) electrons. The Bertz CT molecular complexity index is 561. The number of ether oxygens (including phenoxy) is 1. The van der Waals surface area contributed by atoms with Crippen LogP contribution in [0.1, 0.15) is 31.9 Å². The highest BCUT2D eigenvalue weighted by Gasteiger charge is 2.33. The fraction of sp³-hybridized carbons (Fsp3) is 0.562. The average molecular weight is 345 g/mol. The van der Waals surface area contributed by atoms with Crippen molar-refractivity contribution in [2.45, 2.75) is 38.8 Å². The Labute approximate surface area is 138 Å². The molecule has 3 unspecified atom stereocenters. The highest BCUT2D eigenvalue weighted by Crippen LogP contribution is 2.29. The van der Waals surface area contributed by atoms with Crippen LogP contribution in [0.25, 0.3) is 0 Å². The van der Waals surface area contributed by atoms with Gasteiger partial charge in [-0.15, -0.1) is 13.2 Å². The van der Waals surface area contributed by atoms with Gasteiger partial charge in [0.05, 0.1) is 12.6 Å². The summed E-state index contributed by atoms with van der Waals surface area (Å²) >= 11 is 0. The Balaban J connectivity index is 1.92. The molecule has 1 aromatic carbocycles. The highest BCUT2D eigenvalue weighted by molar-refractivity contribution is 5.80. The van der Waals surface area contributed by atoms with Gasteiger partial charge in [0, 0.05) is 12.6 Å². The van der Waals surface area contributed by atoms with E-state index in [9.17, 15) is 18.3 Å². The van der Waals surface area contributed by atoms with Crippen LogP contribution in [0.15, 0.2) is 29.3 Å². The molecule has 3 N–H and O–H groups in total. The van der Waals surface area contributed by atoms with E-state index in [2.05, 4.69) is 27.3 Å². The summed E-state index contributed by atoms with van der Waals surface area (Å²) in [6.45, 7) is 4.90. The molecule has 24 heavy (non-hydrogen) atoms. The summed E-state index contributed by atoms with van der Waals surface area (Å²) < 4.78 is 40.1. The molecule has 3 atom stereocenters. The Morgan fingerprint density at radius 1 is 1.38 bits per heavy atom. The minimum atomic E-state index is -4.73. The Kier molecular flexibility index (Phi) is 5.93. The van der Waals surface area contributed by atoms with Crippen molar-refractivity contribution in [2.75, 3.05) is 13.1 Å². The molecule has 2 rings (SSSR count). The third-order valence-electron chi connectivity index (χ3n) is 3.70. The van der Waals surface area contributed by atoms with E-state index >= 15 is 0 Å². The molecule has 0 aromatic heterocycles. The van der Waals surface area contributed by atoms with Crippen LogP contribution in [0, 0.1) is 5.92 Å². The van der Waals surface area contributed by atoms with Gasteiger partial charge < -0.3 is 20.5 Å². The van der Waals surface area contributed by atoms with Gasteiger partial charge in [-0.25, -0.2) is 0 Å². The number of hydrogen-bond acceptors (Lipinski definition) is 3. The molecule has 0 aliphatic heterocycles. The second-order valence-corrected chi connectivity index (χ2v) is 5.82. The van der Waals surface area contributed by atoms with Crippen LogP contribution < -0.4 is 15.4 Å². The summed E-state index contributed by atoms with van der Waals surface area (Å²) in [4.78, 5) is 4.32. The number of halogens is 3. The molecule has 0 saturated heterocycles. The van der Waals surface area contributed by atoms with Crippen LogP contribution in [-0.4, -0.2) is 36.6 Å². The number of nitrogens with zero attached hydrogens (tertiary/aromatic N) is 1. The summed E-state index contributed by atoms with van der Waals surface area (Å²) in [6, 6.07) is 5.53. The zero-order chi connectivity index (χ0) is 17.7. The second kappa shape index (κ2) is 7.74. The minimum Gasteiger partial charge on any atom is -0.406 e. The molecule has 0 spiro atoms.